The lowest BCUT2D eigenvalue weighted by Crippen LogP contribution is -2.49. The number of hydrogen-bond donors (Lipinski definition) is 2. The van der Waals surface area contributed by atoms with Crippen LogP contribution in [0.1, 0.15) is 40.5 Å². The van der Waals surface area contributed by atoms with Gasteiger partial charge in [0.05, 0.1) is 6.04 Å². The molecule has 0 aliphatic rings. The van der Waals surface area contributed by atoms with Crippen molar-refractivity contribution in [1.29, 1.82) is 0 Å². The first-order valence-electron chi connectivity index (χ1n) is 6.27. The van der Waals surface area contributed by atoms with E-state index in [9.17, 15) is 9.00 Å². The number of carbonyl (C=O) groups is 1. The fourth-order valence-electron chi connectivity index (χ4n) is 1.72. The van der Waals surface area contributed by atoms with E-state index in [1.807, 2.05) is 13.8 Å². The molecule has 0 aliphatic carbocycles. The Morgan fingerprint density at radius 3 is 2.18 bits per heavy atom. The van der Waals surface area contributed by atoms with E-state index in [0.717, 1.165) is 12.8 Å². The average molecular weight is 262 g/mol. The van der Waals surface area contributed by atoms with E-state index in [2.05, 4.69) is 24.5 Å². The summed E-state index contributed by atoms with van der Waals surface area (Å²) in [6.45, 7) is 7.92. The zero-order chi connectivity index (χ0) is 13.4. The molecule has 102 valence electrons. The predicted molar refractivity (Wildman–Crippen MR) is 73.5 cm³/mol. The van der Waals surface area contributed by atoms with Crippen molar-refractivity contribution in [3.63, 3.8) is 0 Å². The molecule has 1 amide bonds. The molecule has 5 heteroatoms. The third-order valence-electron chi connectivity index (χ3n) is 2.74. The predicted octanol–water partition coefficient (Wildman–Crippen LogP) is 1.04. The summed E-state index contributed by atoms with van der Waals surface area (Å²) >= 11 is 0. The van der Waals surface area contributed by atoms with E-state index in [-0.39, 0.29) is 24.0 Å². The van der Waals surface area contributed by atoms with Gasteiger partial charge in [-0.2, -0.15) is 0 Å². The number of rotatable bonds is 8. The molecule has 3 unspecified atom stereocenters. The van der Waals surface area contributed by atoms with Crippen LogP contribution in [0.15, 0.2) is 0 Å². The second kappa shape index (κ2) is 8.64. The van der Waals surface area contributed by atoms with E-state index in [0.29, 0.717) is 5.75 Å². The summed E-state index contributed by atoms with van der Waals surface area (Å²) in [5.74, 6) is 0.593. The summed E-state index contributed by atoms with van der Waals surface area (Å²) in [5.41, 5.74) is 0. The Morgan fingerprint density at radius 2 is 1.76 bits per heavy atom. The average Bonchev–Trinajstić information content (AvgIpc) is 2.23. The summed E-state index contributed by atoms with van der Waals surface area (Å²) in [6, 6.07) is 0.0970. The first kappa shape index (κ1) is 16.6. The maximum atomic E-state index is 11.8. The highest BCUT2D eigenvalue weighted by atomic mass is 32.2. The van der Waals surface area contributed by atoms with Gasteiger partial charge >= 0.3 is 0 Å². The summed E-state index contributed by atoms with van der Waals surface area (Å²) in [6.07, 6.45) is 3.57. The molecule has 0 bridgehead atoms. The van der Waals surface area contributed by atoms with Crippen molar-refractivity contribution in [3.05, 3.63) is 0 Å². The van der Waals surface area contributed by atoms with Crippen LogP contribution in [0, 0.1) is 0 Å². The van der Waals surface area contributed by atoms with Gasteiger partial charge in [0.1, 0.15) is 0 Å². The Labute approximate surface area is 107 Å². The van der Waals surface area contributed by atoms with Crippen molar-refractivity contribution >= 4 is 16.7 Å². The SMILES string of the molecule is CCC(CC)NC(=O)C(C)NC(C)CS(C)=O. The minimum atomic E-state index is -0.833. The van der Waals surface area contributed by atoms with Crippen molar-refractivity contribution in [1.82, 2.24) is 10.6 Å². The molecular formula is C12H26N2O2S. The summed E-state index contributed by atoms with van der Waals surface area (Å²) in [7, 11) is -0.833. The number of carbonyl (C=O) groups excluding carboxylic acids is 1. The highest BCUT2D eigenvalue weighted by molar-refractivity contribution is 7.84. The van der Waals surface area contributed by atoms with Crippen LogP contribution in [0.3, 0.4) is 0 Å². The first-order valence-corrected chi connectivity index (χ1v) is 7.99. The Hall–Kier alpha value is -0.420. The lowest BCUT2D eigenvalue weighted by Gasteiger charge is -2.22. The van der Waals surface area contributed by atoms with Crippen molar-refractivity contribution in [2.45, 2.75) is 58.7 Å². The lowest BCUT2D eigenvalue weighted by molar-refractivity contribution is -0.123. The fourth-order valence-corrected chi connectivity index (χ4v) is 2.52. The highest BCUT2D eigenvalue weighted by Crippen LogP contribution is 1.98. The Balaban J connectivity index is 4.08. The van der Waals surface area contributed by atoms with Gasteiger partial charge in [-0.25, -0.2) is 0 Å². The molecule has 0 aromatic carbocycles. The molecule has 3 atom stereocenters. The topological polar surface area (TPSA) is 58.2 Å². The van der Waals surface area contributed by atoms with Crippen LogP contribution in [0.2, 0.25) is 0 Å². The van der Waals surface area contributed by atoms with Crippen LogP contribution in [0.5, 0.6) is 0 Å². The molecule has 0 saturated heterocycles. The molecule has 4 nitrogen and oxygen atoms in total. The largest absolute Gasteiger partial charge is 0.352 e. The van der Waals surface area contributed by atoms with E-state index >= 15 is 0 Å². The second-order valence-electron chi connectivity index (χ2n) is 4.55. The molecule has 0 heterocycles. The highest BCUT2D eigenvalue weighted by Gasteiger charge is 2.17. The van der Waals surface area contributed by atoms with Gasteiger partial charge < -0.3 is 10.6 Å². The molecule has 0 fully saturated rings. The second-order valence-corrected chi connectivity index (χ2v) is 6.03. The van der Waals surface area contributed by atoms with Gasteiger partial charge in [-0.1, -0.05) is 13.8 Å². The smallest absolute Gasteiger partial charge is 0.237 e. The summed E-state index contributed by atoms with van der Waals surface area (Å²) < 4.78 is 11.0. The maximum absolute atomic E-state index is 11.8. The van der Waals surface area contributed by atoms with Gasteiger partial charge in [-0.05, 0) is 26.7 Å². The third-order valence-corrected chi connectivity index (χ3v) is 3.71. The van der Waals surface area contributed by atoms with Crippen molar-refractivity contribution in [2.24, 2.45) is 0 Å². The standard InChI is InChI=1S/C12H26N2O2S/c1-6-11(7-2)14-12(15)10(4)13-9(3)8-17(5)16/h9-11,13H,6-8H2,1-5H3,(H,14,15). The van der Waals surface area contributed by atoms with Gasteiger partial charge in [0.25, 0.3) is 0 Å². The van der Waals surface area contributed by atoms with E-state index < -0.39 is 10.8 Å². The number of hydrogen-bond acceptors (Lipinski definition) is 3. The summed E-state index contributed by atoms with van der Waals surface area (Å²) in [5, 5.41) is 6.16. The molecule has 0 radical (unpaired) electrons. The zero-order valence-corrected chi connectivity index (χ0v) is 12.4. The van der Waals surface area contributed by atoms with Crippen LogP contribution in [-0.2, 0) is 15.6 Å². The molecule has 0 spiro atoms. The van der Waals surface area contributed by atoms with Crippen LogP contribution in [0.25, 0.3) is 0 Å². The van der Waals surface area contributed by atoms with Gasteiger partial charge in [0.2, 0.25) is 5.91 Å². The van der Waals surface area contributed by atoms with E-state index in [4.69, 9.17) is 0 Å². The Kier molecular flexibility index (Phi) is 8.43. The van der Waals surface area contributed by atoms with Gasteiger partial charge in [-0.3, -0.25) is 9.00 Å². The summed E-state index contributed by atoms with van der Waals surface area (Å²) in [4.78, 5) is 11.8. The normalized spacial score (nSPS) is 16.6. The monoisotopic (exact) mass is 262 g/mol. The molecule has 0 aromatic heterocycles. The van der Waals surface area contributed by atoms with Gasteiger partial charge in [0, 0.05) is 34.9 Å². The number of nitrogens with one attached hydrogen (secondary N) is 2. The van der Waals surface area contributed by atoms with Crippen LogP contribution in [-0.4, -0.2) is 40.3 Å². The molecule has 2 N–H and O–H groups in total. The fraction of sp³-hybridized carbons (Fsp3) is 0.917. The molecule has 0 aromatic rings. The molecule has 0 saturated carbocycles. The molecule has 17 heavy (non-hydrogen) atoms. The van der Waals surface area contributed by atoms with E-state index in [1.165, 1.54) is 0 Å². The lowest BCUT2D eigenvalue weighted by atomic mass is 10.1. The first-order chi connectivity index (χ1) is 7.90. The molecular weight excluding hydrogens is 236 g/mol. The molecule has 0 rings (SSSR count). The third kappa shape index (κ3) is 7.49. The zero-order valence-electron chi connectivity index (χ0n) is 11.6. The van der Waals surface area contributed by atoms with Crippen LogP contribution in [0.4, 0.5) is 0 Å². The Bertz CT molecular complexity index is 255. The maximum Gasteiger partial charge on any atom is 0.237 e. The van der Waals surface area contributed by atoms with Crippen molar-refractivity contribution in [2.75, 3.05) is 12.0 Å². The number of amides is 1. The molecule has 0 aliphatic heterocycles. The minimum Gasteiger partial charge on any atom is -0.352 e. The van der Waals surface area contributed by atoms with Gasteiger partial charge in [-0.15, -0.1) is 0 Å². The van der Waals surface area contributed by atoms with Crippen molar-refractivity contribution < 1.29 is 9.00 Å². The van der Waals surface area contributed by atoms with Crippen LogP contribution >= 0.6 is 0 Å². The van der Waals surface area contributed by atoms with Crippen molar-refractivity contribution in [3.8, 4) is 0 Å². The van der Waals surface area contributed by atoms with Crippen LogP contribution < -0.4 is 10.6 Å². The minimum absolute atomic E-state index is 0.0208. The van der Waals surface area contributed by atoms with Gasteiger partial charge in [0.15, 0.2) is 0 Å². The van der Waals surface area contributed by atoms with E-state index in [1.54, 1.807) is 6.26 Å². The Morgan fingerprint density at radius 1 is 1.24 bits per heavy atom. The quantitative estimate of drug-likeness (QED) is 0.687.